The van der Waals surface area contributed by atoms with Crippen molar-refractivity contribution in [2.24, 2.45) is 0 Å². The zero-order chi connectivity index (χ0) is 17.0. The molecular formula is C16H35NO5Si. The maximum Gasteiger partial charge on any atom is 0.500 e. The number of morpholine rings is 1. The summed E-state index contributed by atoms with van der Waals surface area (Å²) in [5.74, 6) is 0. The van der Waals surface area contributed by atoms with Gasteiger partial charge in [-0.15, -0.1) is 0 Å². The van der Waals surface area contributed by atoms with Crippen LogP contribution in [0.25, 0.3) is 0 Å². The molecule has 1 aliphatic rings. The second-order valence-electron chi connectivity index (χ2n) is 5.79. The van der Waals surface area contributed by atoms with Gasteiger partial charge in [0.1, 0.15) is 0 Å². The van der Waals surface area contributed by atoms with Crippen LogP contribution in [0, 0.1) is 0 Å². The average molecular weight is 350 g/mol. The molecule has 1 unspecified atom stereocenters. The van der Waals surface area contributed by atoms with Crippen LogP contribution in [0.15, 0.2) is 0 Å². The van der Waals surface area contributed by atoms with E-state index in [0.29, 0.717) is 19.8 Å². The fourth-order valence-electron chi connectivity index (χ4n) is 2.90. The highest BCUT2D eigenvalue weighted by molar-refractivity contribution is 6.60. The molecule has 1 N–H and O–H groups in total. The summed E-state index contributed by atoms with van der Waals surface area (Å²) >= 11 is 0. The van der Waals surface area contributed by atoms with Gasteiger partial charge in [-0.1, -0.05) is 6.42 Å². The molecule has 1 rings (SSSR count). The number of rotatable bonds is 13. The Morgan fingerprint density at radius 3 is 2.09 bits per heavy atom. The first-order valence-corrected chi connectivity index (χ1v) is 11.0. The molecule has 0 bridgehead atoms. The van der Waals surface area contributed by atoms with Crippen LogP contribution in [-0.2, 0) is 18.0 Å². The third kappa shape index (κ3) is 8.58. The lowest BCUT2D eigenvalue weighted by Crippen LogP contribution is -2.46. The summed E-state index contributed by atoms with van der Waals surface area (Å²) in [4.78, 5) is 2.27. The fourth-order valence-corrected chi connectivity index (χ4v) is 5.58. The number of aliphatic hydroxyl groups is 1. The molecule has 6 nitrogen and oxygen atoms in total. The van der Waals surface area contributed by atoms with Crippen molar-refractivity contribution in [1.29, 1.82) is 0 Å². The fraction of sp³-hybridized carbons (Fsp3) is 1.00. The van der Waals surface area contributed by atoms with Gasteiger partial charge in [-0.3, -0.25) is 4.90 Å². The van der Waals surface area contributed by atoms with Gasteiger partial charge in [-0.2, -0.15) is 0 Å². The quantitative estimate of drug-likeness (QED) is 0.405. The van der Waals surface area contributed by atoms with Gasteiger partial charge in [0, 0.05) is 45.5 Å². The van der Waals surface area contributed by atoms with E-state index in [1.54, 1.807) is 0 Å². The summed E-state index contributed by atoms with van der Waals surface area (Å²) in [5.41, 5.74) is 0. The Hall–Kier alpha value is -0.0231. The summed E-state index contributed by atoms with van der Waals surface area (Å²) in [6.45, 7) is 11.9. The second-order valence-corrected chi connectivity index (χ2v) is 8.53. The molecule has 1 fully saturated rings. The minimum atomic E-state index is -2.52. The monoisotopic (exact) mass is 349 g/mol. The molecule has 138 valence electrons. The maximum absolute atomic E-state index is 10.2. The van der Waals surface area contributed by atoms with Crippen LogP contribution in [0.2, 0.25) is 6.04 Å². The van der Waals surface area contributed by atoms with E-state index in [0.717, 1.165) is 58.2 Å². The molecular weight excluding hydrogens is 314 g/mol. The number of hydrogen-bond acceptors (Lipinski definition) is 6. The molecule has 1 heterocycles. The van der Waals surface area contributed by atoms with Crippen molar-refractivity contribution in [2.75, 3.05) is 52.7 Å². The van der Waals surface area contributed by atoms with Gasteiger partial charge in [-0.05, 0) is 33.6 Å². The van der Waals surface area contributed by atoms with E-state index < -0.39 is 8.80 Å². The summed E-state index contributed by atoms with van der Waals surface area (Å²) in [6.07, 6.45) is 2.47. The zero-order valence-corrected chi connectivity index (χ0v) is 16.1. The highest BCUT2D eigenvalue weighted by atomic mass is 28.4. The number of aliphatic hydroxyl groups excluding tert-OH is 1. The summed E-state index contributed by atoms with van der Waals surface area (Å²) in [6, 6.07) is 0.826. The molecule has 0 aliphatic carbocycles. The Labute approximate surface area is 142 Å². The van der Waals surface area contributed by atoms with Gasteiger partial charge in [0.2, 0.25) is 0 Å². The number of ether oxygens (including phenoxy) is 1. The lowest BCUT2D eigenvalue weighted by molar-refractivity contribution is 0.0126. The van der Waals surface area contributed by atoms with Crippen LogP contribution in [-0.4, -0.2) is 77.6 Å². The van der Waals surface area contributed by atoms with E-state index >= 15 is 0 Å². The predicted molar refractivity (Wildman–Crippen MR) is 92.6 cm³/mol. The summed E-state index contributed by atoms with van der Waals surface area (Å²) < 4.78 is 22.9. The van der Waals surface area contributed by atoms with Gasteiger partial charge in [0.15, 0.2) is 0 Å². The largest absolute Gasteiger partial charge is 0.500 e. The molecule has 0 radical (unpaired) electrons. The van der Waals surface area contributed by atoms with Crippen LogP contribution in [0.4, 0.5) is 0 Å². The van der Waals surface area contributed by atoms with Gasteiger partial charge in [-0.25, -0.2) is 0 Å². The normalized spacial score (nSPS) is 18.3. The molecule has 23 heavy (non-hydrogen) atoms. The molecule has 1 saturated heterocycles. The van der Waals surface area contributed by atoms with Crippen molar-refractivity contribution in [3.63, 3.8) is 0 Å². The van der Waals surface area contributed by atoms with E-state index in [1.807, 2.05) is 20.8 Å². The lowest BCUT2D eigenvalue weighted by Gasteiger charge is -2.29. The molecule has 0 spiro atoms. The van der Waals surface area contributed by atoms with Crippen molar-refractivity contribution >= 4 is 8.80 Å². The third-order valence-corrected chi connectivity index (χ3v) is 7.09. The van der Waals surface area contributed by atoms with Crippen LogP contribution < -0.4 is 0 Å². The van der Waals surface area contributed by atoms with Crippen LogP contribution >= 0.6 is 0 Å². The first kappa shape index (κ1) is 21.0. The van der Waals surface area contributed by atoms with Crippen LogP contribution in [0.5, 0.6) is 0 Å². The molecule has 1 atom stereocenters. The molecule has 0 aromatic rings. The van der Waals surface area contributed by atoms with E-state index in [-0.39, 0.29) is 6.10 Å². The predicted octanol–water partition coefficient (Wildman–Crippen LogP) is 1.90. The van der Waals surface area contributed by atoms with Gasteiger partial charge in [0.25, 0.3) is 0 Å². The Morgan fingerprint density at radius 1 is 1.00 bits per heavy atom. The first-order valence-electron chi connectivity index (χ1n) is 9.05. The SMILES string of the molecule is CCO[Si](CCCCC(O)CN1CCOCC1)(OCC)OCC. The Balaban J connectivity index is 2.25. The van der Waals surface area contributed by atoms with Crippen molar-refractivity contribution in [3.05, 3.63) is 0 Å². The summed E-state index contributed by atoms with van der Waals surface area (Å²) in [5, 5.41) is 10.2. The highest BCUT2D eigenvalue weighted by Gasteiger charge is 2.39. The van der Waals surface area contributed by atoms with E-state index in [4.69, 9.17) is 18.0 Å². The van der Waals surface area contributed by atoms with Gasteiger partial charge in [0.05, 0.1) is 19.3 Å². The second kappa shape index (κ2) is 12.4. The smallest absolute Gasteiger partial charge is 0.392 e. The van der Waals surface area contributed by atoms with E-state index in [9.17, 15) is 5.11 Å². The molecule has 0 amide bonds. The minimum absolute atomic E-state index is 0.268. The highest BCUT2D eigenvalue weighted by Crippen LogP contribution is 2.20. The van der Waals surface area contributed by atoms with Crippen molar-refractivity contribution in [1.82, 2.24) is 4.90 Å². The number of hydrogen-bond donors (Lipinski definition) is 1. The molecule has 0 aromatic heterocycles. The van der Waals surface area contributed by atoms with E-state index in [2.05, 4.69) is 4.90 Å². The topological polar surface area (TPSA) is 60.4 Å². The molecule has 1 aliphatic heterocycles. The number of β-amino-alcohol motifs (C(OH)–C–C–N with tert-alkyl or cyclic N) is 1. The molecule has 7 heteroatoms. The Morgan fingerprint density at radius 2 is 1.57 bits per heavy atom. The van der Waals surface area contributed by atoms with Crippen molar-refractivity contribution in [3.8, 4) is 0 Å². The Kier molecular flexibility index (Phi) is 11.3. The minimum Gasteiger partial charge on any atom is -0.392 e. The van der Waals surface area contributed by atoms with Crippen molar-refractivity contribution < 1.29 is 23.1 Å². The first-order chi connectivity index (χ1) is 11.2. The number of unbranched alkanes of at least 4 members (excludes halogenated alkanes) is 1. The van der Waals surface area contributed by atoms with Crippen LogP contribution in [0.1, 0.15) is 40.0 Å². The number of nitrogens with zero attached hydrogens (tertiary/aromatic N) is 1. The maximum atomic E-state index is 10.2. The summed E-state index contributed by atoms with van der Waals surface area (Å²) in [7, 11) is -2.52. The molecule has 0 saturated carbocycles. The van der Waals surface area contributed by atoms with Gasteiger partial charge >= 0.3 is 8.80 Å². The Bertz CT molecular complexity index is 273. The van der Waals surface area contributed by atoms with Crippen molar-refractivity contribution in [2.45, 2.75) is 52.2 Å². The molecule has 0 aromatic carbocycles. The van der Waals surface area contributed by atoms with Gasteiger partial charge < -0.3 is 23.1 Å². The van der Waals surface area contributed by atoms with E-state index in [1.165, 1.54) is 0 Å². The average Bonchev–Trinajstić information content (AvgIpc) is 2.53. The third-order valence-electron chi connectivity index (χ3n) is 3.94. The van der Waals surface area contributed by atoms with Crippen LogP contribution in [0.3, 0.4) is 0 Å². The lowest BCUT2D eigenvalue weighted by atomic mass is 10.1. The standard InChI is InChI=1S/C16H35NO5Si/c1-4-20-23(21-5-2,22-6-3)14-8-7-9-16(18)15-17-10-12-19-13-11-17/h16,18H,4-15H2,1-3H3. The zero-order valence-electron chi connectivity index (χ0n) is 15.1.